The van der Waals surface area contributed by atoms with Crippen LogP contribution in [0.1, 0.15) is 12.5 Å². The molecule has 0 saturated carbocycles. The molecule has 0 aliphatic carbocycles. The van der Waals surface area contributed by atoms with Gasteiger partial charge in [-0.05, 0) is 65.7 Å². The maximum absolute atomic E-state index is 13.4. The van der Waals surface area contributed by atoms with Crippen molar-refractivity contribution >= 4 is 22.1 Å². The van der Waals surface area contributed by atoms with Gasteiger partial charge in [-0.15, -0.1) is 0 Å². The van der Waals surface area contributed by atoms with Crippen LogP contribution in [0.2, 0.25) is 0 Å². The van der Waals surface area contributed by atoms with E-state index in [0.29, 0.717) is 5.69 Å². The van der Waals surface area contributed by atoms with Crippen molar-refractivity contribution < 1.29 is 4.39 Å². The van der Waals surface area contributed by atoms with Crippen molar-refractivity contribution in [1.82, 2.24) is 35.5 Å². The van der Waals surface area contributed by atoms with Crippen molar-refractivity contribution in [3.05, 3.63) is 84.6 Å². The van der Waals surface area contributed by atoms with Crippen LogP contribution >= 0.6 is 0 Å². The minimum Gasteiger partial charge on any atom is -0.338 e. The summed E-state index contributed by atoms with van der Waals surface area (Å²) in [6, 6.07) is 16.5. The van der Waals surface area contributed by atoms with Crippen molar-refractivity contribution in [1.29, 1.82) is 0 Å². The molecule has 6 rings (SSSR count). The fraction of sp³-hybridized carbons (Fsp3) is 0.111. The van der Waals surface area contributed by atoms with Crippen LogP contribution < -0.4 is 5.32 Å². The first-order valence-electron chi connectivity index (χ1n) is 11.4. The number of pyridine rings is 3. The van der Waals surface area contributed by atoms with E-state index >= 15 is 0 Å². The highest BCUT2D eigenvalue weighted by molar-refractivity contribution is 5.99. The third-order valence-electron chi connectivity index (χ3n) is 6.02. The number of fused-ring (bicyclic) bond motifs is 2. The fourth-order valence-electron chi connectivity index (χ4n) is 4.28. The fourth-order valence-corrected chi connectivity index (χ4v) is 4.28. The summed E-state index contributed by atoms with van der Waals surface area (Å²) in [7, 11) is 0. The molecule has 1 aromatic carbocycles. The smallest absolute Gasteiger partial charge is 0.138 e. The van der Waals surface area contributed by atoms with E-state index in [9.17, 15) is 4.39 Å². The molecule has 0 aliphatic rings. The Bertz CT molecular complexity index is 1650. The summed E-state index contributed by atoms with van der Waals surface area (Å²) in [5, 5.41) is 11.9. The van der Waals surface area contributed by atoms with E-state index in [1.165, 1.54) is 12.1 Å². The van der Waals surface area contributed by atoms with Gasteiger partial charge >= 0.3 is 0 Å². The van der Waals surface area contributed by atoms with Gasteiger partial charge in [0, 0.05) is 36.1 Å². The maximum atomic E-state index is 13.4. The molecule has 5 heterocycles. The Balaban J connectivity index is 1.43. The van der Waals surface area contributed by atoms with E-state index in [0.717, 1.165) is 68.8 Å². The number of nitrogens with zero attached hydrogens (tertiary/aromatic N) is 4. The van der Waals surface area contributed by atoms with Crippen molar-refractivity contribution in [3.8, 4) is 33.8 Å². The van der Waals surface area contributed by atoms with Crippen LogP contribution in [0, 0.1) is 5.82 Å². The van der Waals surface area contributed by atoms with Gasteiger partial charge in [0.15, 0.2) is 0 Å². The van der Waals surface area contributed by atoms with Crippen molar-refractivity contribution in [2.24, 2.45) is 0 Å². The zero-order chi connectivity index (χ0) is 23.8. The molecule has 172 valence electrons. The number of benzene rings is 1. The summed E-state index contributed by atoms with van der Waals surface area (Å²) < 4.78 is 13.4. The van der Waals surface area contributed by atoms with E-state index in [-0.39, 0.29) is 5.82 Å². The molecule has 0 aliphatic heterocycles. The average molecular weight is 464 g/mol. The highest BCUT2D eigenvalue weighted by Gasteiger charge is 2.16. The molecule has 0 unspecified atom stereocenters. The third-order valence-corrected chi connectivity index (χ3v) is 6.02. The molecule has 0 fully saturated rings. The average Bonchev–Trinajstić information content (AvgIpc) is 3.51. The Morgan fingerprint density at radius 2 is 1.86 bits per heavy atom. The molecule has 7 nitrogen and oxygen atoms in total. The second-order valence-corrected chi connectivity index (χ2v) is 8.34. The lowest BCUT2D eigenvalue weighted by molar-refractivity contribution is 0.628. The first kappa shape index (κ1) is 21.1. The number of aromatic amines is 2. The molecule has 8 heteroatoms. The first-order chi connectivity index (χ1) is 17.2. The monoisotopic (exact) mass is 463 g/mol. The van der Waals surface area contributed by atoms with E-state index in [2.05, 4.69) is 43.5 Å². The number of H-pyrrole nitrogens is 2. The van der Waals surface area contributed by atoms with Gasteiger partial charge in [-0.2, -0.15) is 5.10 Å². The van der Waals surface area contributed by atoms with Crippen LogP contribution in [0.4, 0.5) is 4.39 Å². The molecule has 5 aromatic heterocycles. The molecular formula is C27H22FN7. The number of hydrogen-bond acceptors (Lipinski definition) is 5. The van der Waals surface area contributed by atoms with Crippen molar-refractivity contribution in [2.45, 2.75) is 13.5 Å². The Kier molecular flexibility index (Phi) is 5.27. The quantitative estimate of drug-likeness (QED) is 0.304. The van der Waals surface area contributed by atoms with Crippen LogP contribution in [0.15, 0.2) is 73.2 Å². The molecule has 6 aromatic rings. The molecule has 3 N–H and O–H groups in total. The lowest BCUT2D eigenvalue weighted by Crippen LogP contribution is -2.11. The standard InChI is InChI=1S/C27H22FN7/c1-2-29-13-16-11-18(15-30-14-16)22-7-8-23-25(32-22)26(35-34-23)24-12-21-20(9-10-31-27(21)33-24)17-3-5-19(28)6-4-17/h3-12,14-15,29H,2,13H2,1H3,(H,31,33)(H,34,35). The number of halogens is 1. The number of aromatic nitrogens is 6. The molecule has 0 amide bonds. The van der Waals surface area contributed by atoms with Gasteiger partial charge in [-0.3, -0.25) is 10.1 Å². The van der Waals surface area contributed by atoms with Crippen LogP contribution in [0.3, 0.4) is 0 Å². The molecule has 0 spiro atoms. The SMILES string of the molecule is CCNCc1cncc(-c2ccc3[nH]nc(-c4cc5c(-c6ccc(F)cc6)ccnc5[nH]4)c3n2)c1. The normalized spacial score (nSPS) is 11.5. The van der Waals surface area contributed by atoms with Gasteiger partial charge in [-0.25, -0.2) is 14.4 Å². The van der Waals surface area contributed by atoms with Crippen LogP contribution in [-0.2, 0) is 6.54 Å². The lowest BCUT2D eigenvalue weighted by Gasteiger charge is -2.05. The van der Waals surface area contributed by atoms with E-state index < -0.39 is 0 Å². The van der Waals surface area contributed by atoms with Crippen LogP contribution in [0.5, 0.6) is 0 Å². The summed E-state index contributed by atoms with van der Waals surface area (Å²) in [6.07, 6.45) is 5.43. The summed E-state index contributed by atoms with van der Waals surface area (Å²) in [4.78, 5) is 17.2. The van der Waals surface area contributed by atoms with E-state index in [1.807, 2.05) is 36.7 Å². The van der Waals surface area contributed by atoms with E-state index in [1.54, 1.807) is 18.3 Å². The number of nitrogens with one attached hydrogen (secondary N) is 3. The third kappa shape index (κ3) is 3.94. The molecule has 0 radical (unpaired) electrons. The number of hydrogen-bond donors (Lipinski definition) is 3. The van der Waals surface area contributed by atoms with E-state index in [4.69, 9.17) is 4.98 Å². The van der Waals surface area contributed by atoms with Gasteiger partial charge in [0.05, 0.1) is 16.9 Å². The predicted octanol–water partition coefficient (Wildman–Crippen LogP) is 5.48. The highest BCUT2D eigenvalue weighted by Crippen LogP contribution is 2.33. The van der Waals surface area contributed by atoms with Gasteiger partial charge < -0.3 is 10.3 Å². The Hall–Kier alpha value is -4.43. The lowest BCUT2D eigenvalue weighted by atomic mass is 10.0. The Morgan fingerprint density at radius 1 is 0.971 bits per heavy atom. The molecule has 0 saturated heterocycles. The largest absolute Gasteiger partial charge is 0.338 e. The maximum Gasteiger partial charge on any atom is 0.138 e. The second-order valence-electron chi connectivity index (χ2n) is 8.34. The van der Waals surface area contributed by atoms with Crippen molar-refractivity contribution in [3.63, 3.8) is 0 Å². The zero-order valence-electron chi connectivity index (χ0n) is 19.0. The summed E-state index contributed by atoms with van der Waals surface area (Å²) in [5.74, 6) is -0.263. The van der Waals surface area contributed by atoms with Crippen LogP contribution in [-0.4, -0.2) is 36.7 Å². The summed E-state index contributed by atoms with van der Waals surface area (Å²) >= 11 is 0. The Morgan fingerprint density at radius 3 is 2.71 bits per heavy atom. The minimum absolute atomic E-state index is 0.263. The molecule has 0 bridgehead atoms. The predicted molar refractivity (Wildman–Crippen MR) is 135 cm³/mol. The van der Waals surface area contributed by atoms with Crippen LogP contribution in [0.25, 0.3) is 55.8 Å². The highest BCUT2D eigenvalue weighted by atomic mass is 19.1. The molecule has 35 heavy (non-hydrogen) atoms. The Labute approximate surface area is 200 Å². The number of rotatable bonds is 6. The first-order valence-corrected chi connectivity index (χ1v) is 11.4. The summed E-state index contributed by atoms with van der Waals surface area (Å²) in [5.41, 5.74) is 8.61. The van der Waals surface area contributed by atoms with Gasteiger partial charge in [0.25, 0.3) is 0 Å². The van der Waals surface area contributed by atoms with Gasteiger partial charge in [-0.1, -0.05) is 19.1 Å². The minimum atomic E-state index is -0.263. The molecule has 0 atom stereocenters. The van der Waals surface area contributed by atoms with Gasteiger partial charge in [0.2, 0.25) is 0 Å². The molecular weight excluding hydrogens is 441 g/mol. The topological polar surface area (TPSA) is 95.2 Å². The van der Waals surface area contributed by atoms with Crippen molar-refractivity contribution in [2.75, 3.05) is 6.54 Å². The second kappa shape index (κ2) is 8.73. The summed E-state index contributed by atoms with van der Waals surface area (Å²) in [6.45, 7) is 3.74. The zero-order valence-corrected chi connectivity index (χ0v) is 19.0. The van der Waals surface area contributed by atoms with Gasteiger partial charge in [0.1, 0.15) is 22.7 Å².